The minimum atomic E-state index is -3.88. The molecule has 2 rings (SSSR count). The number of hydrogen-bond acceptors (Lipinski definition) is 3. The second-order valence-corrected chi connectivity index (χ2v) is 8.07. The van der Waals surface area contributed by atoms with Crippen molar-refractivity contribution < 1.29 is 13.2 Å². The molecule has 0 atom stereocenters. The zero-order valence-electron chi connectivity index (χ0n) is 14.6. The fraction of sp³-hybridized carbons (Fsp3) is 0.562. The molecule has 128 valence electrons. The maximum Gasteiger partial charge on any atom is 0.286 e. The van der Waals surface area contributed by atoms with Crippen molar-refractivity contribution in [3.63, 3.8) is 0 Å². The Morgan fingerprint density at radius 3 is 2.43 bits per heavy atom. The summed E-state index contributed by atoms with van der Waals surface area (Å²) in [4.78, 5) is 0.232. The van der Waals surface area contributed by atoms with E-state index in [1.54, 1.807) is 6.92 Å². The summed E-state index contributed by atoms with van der Waals surface area (Å²) < 4.78 is 35.2. The molecule has 6 nitrogen and oxygen atoms in total. The topological polar surface area (TPSA) is 93.8 Å². The number of rotatable bonds is 3. The zero-order chi connectivity index (χ0) is 17.6. The molecule has 0 saturated carbocycles. The van der Waals surface area contributed by atoms with Gasteiger partial charge in [-0.1, -0.05) is 0 Å². The third-order valence-corrected chi connectivity index (χ3v) is 5.69. The van der Waals surface area contributed by atoms with E-state index in [0.29, 0.717) is 24.1 Å². The minimum Gasteiger partial charge on any atom is -0.487 e. The lowest BCUT2D eigenvalue weighted by Crippen LogP contribution is -2.32. The molecular weight excluding hydrogens is 314 g/mol. The molecule has 1 aromatic carbocycles. The molecule has 0 bridgehead atoms. The second kappa shape index (κ2) is 5.70. The standard InChI is InChI=1S/C16H25N3O3S/c1-7-18-15(17)19-23(20,21)14-10(3)9(2)13-12(11(14)4)8-16(5,6)22-13/h7-8H2,1-6H3,(H3,17,18,19). The Morgan fingerprint density at radius 1 is 1.26 bits per heavy atom. The molecule has 0 fully saturated rings. The lowest BCUT2D eigenvalue weighted by molar-refractivity contribution is 0.137. The van der Waals surface area contributed by atoms with E-state index in [9.17, 15) is 8.42 Å². The van der Waals surface area contributed by atoms with E-state index in [1.807, 2.05) is 34.6 Å². The molecule has 0 aliphatic carbocycles. The minimum absolute atomic E-state index is 0.0963. The summed E-state index contributed by atoms with van der Waals surface area (Å²) in [5.41, 5.74) is 8.44. The van der Waals surface area contributed by atoms with Crippen molar-refractivity contribution in [2.45, 2.75) is 58.5 Å². The maximum absolute atomic E-state index is 12.7. The third-order valence-electron chi connectivity index (χ3n) is 4.13. The van der Waals surface area contributed by atoms with E-state index in [-0.39, 0.29) is 16.5 Å². The van der Waals surface area contributed by atoms with Crippen LogP contribution in [0.1, 0.15) is 43.0 Å². The molecule has 3 N–H and O–H groups in total. The van der Waals surface area contributed by atoms with Gasteiger partial charge in [0.25, 0.3) is 10.0 Å². The van der Waals surface area contributed by atoms with Crippen LogP contribution in [-0.4, -0.2) is 26.5 Å². The lowest BCUT2D eigenvalue weighted by Gasteiger charge is -2.18. The van der Waals surface area contributed by atoms with Gasteiger partial charge in [0, 0.05) is 18.5 Å². The SMILES string of the molecule is CCN/C(N)=N/S(=O)(=O)c1c(C)c(C)c2c(c1C)CC(C)(C)O2. The van der Waals surface area contributed by atoms with E-state index in [4.69, 9.17) is 10.5 Å². The quantitative estimate of drug-likeness (QED) is 0.648. The first-order chi connectivity index (χ1) is 10.5. The third kappa shape index (κ3) is 3.15. The lowest BCUT2D eigenvalue weighted by atomic mass is 9.94. The van der Waals surface area contributed by atoms with E-state index >= 15 is 0 Å². The predicted molar refractivity (Wildman–Crippen MR) is 91.5 cm³/mol. The average molecular weight is 339 g/mol. The van der Waals surface area contributed by atoms with Crippen LogP contribution >= 0.6 is 0 Å². The number of nitrogens with zero attached hydrogens (tertiary/aromatic N) is 1. The van der Waals surface area contributed by atoms with E-state index in [2.05, 4.69) is 9.71 Å². The van der Waals surface area contributed by atoms with Crippen LogP contribution in [0.15, 0.2) is 9.29 Å². The van der Waals surface area contributed by atoms with Gasteiger partial charge in [0.05, 0.1) is 4.90 Å². The average Bonchev–Trinajstić information content (AvgIpc) is 2.72. The number of nitrogens with two attached hydrogens (primary N) is 1. The van der Waals surface area contributed by atoms with Crippen molar-refractivity contribution in [1.82, 2.24) is 5.32 Å². The summed E-state index contributed by atoms with van der Waals surface area (Å²) in [5, 5.41) is 2.71. The highest BCUT2D eigenvalue weighted by Crippen LogP contribution is 2.44. The normalized spacial score (nSPS) is 16.9. The van der Waals surface area contributed by atoms with E-state index < -0.39 is 10.0 Å². The van der Waals surface area contributed by atoms with Crippen LogP contribution in [0.4, 0.5) is 0 Å². The van der Waals surface area contributed by atoms with Gasteiger partial charge in [-0.2, -0.15) is 8.42 Å². The monoisotopic (exact) mass is 339 g/mol. The molecule has 0 aromatic heterocycles. The first-order valence-corrected chi connectivity index (χ1v) is 9.10. The van der Waals surface area contributed by atoms with Gasteiger partial charge in [-0.3, -0.25) is 0 Å². The molecule has 0 spiro atoms. The summed E-state index contributed by atoms with van der Waals surface area (Å²) in [6.07, 6.45) is 0.671. The van der Waals surface area contributed by atoms with Crippen LogP contribution in [0.2, 0.25) is 0 Å². The van der Waals surface area contributed by atoms with Crippen LogP contribution in [0.25, 0.3) is 0 Å². The summed E-state index contributed by atoms with van der Waals surface area (Å²) in [6, 6.07) is 0. The molecule has 0 radical (unpaired) electrons. The summed E-state index contributed by atoms with van der Waals surface area (Å²) in [5.74, 6) is 0.702. The Balaban J connectivity index is 2.67. The fourth-order valence-electron chi connectivity index (χ4n) is 3.02. The van der Waals surface area contributed by atoms with E-state index in [0.717, 1.165) is 16.9 Å². The molecule has 1 aliphatic rings. The number of benzene rings is 1. The van der Waals surface area contributed by atoms with Gasteiger partial charge < -0.3 is 15.8 Å². The second-order valence-electron chi connectivity index (χ2n) is 6.53. The number of guanidine groups is 1. The molecule has 1 aromatic rings. The Hall–Kier alpha value is -1.76. The molecule has 1 heterocycles. The van der Waals surface area contributed by atoms with Crippen LogP contribution in [0.5, 0.6) is 5.75 Å². The van der Waals surface area contributed by atoms with Gasteiger partial charge in [-0.25, -0.2) is 0 Å². The number of fused-ring (bicyclic) bond motifs is 1. The molecule has 7 heteroatoms. The van der Waals surface area contributed by atoms with Crippen LogP contribution < -0.4 is 15.8 Å². The Labute approximate surface area is 138 Å². The molecule has 0 saturated heterocycles. The highest BCUT2D eigenvalue weighted by atomic mass is 32.2. The Bertz CT molecular complexity index is 780. The van der Waals surface area contributed by atoms with E-state index in [1.165, 1.54) is 0 Å². The molecular formula is C16H25N3O3S. The van der Waals surface area contributed by atoms with Gasteiger partial charge in [-0.05, 0) is 58.2 Å². The van der Waals surface area contributed by atoms with Gasteiger partial charge in [0.15, 0.2) is 0 Å². The molecule has 1 aliphatic heterocycles. The van der Waals surface area contributed by atoms with Crippen LogP contribution in [0.3, 0.4) is 0 Å². The first-order valence-electron chi connectivity index (χ1n) is 7.66. The smallest absolute Gasteiger partial charge is 0.286 e. The number of ether oxygens (including phenoxy) is 1. The predicted octanol–water partition coefficient (Wildman–Crippen LogP) is 1.94. The van der Waals surface area contributed by atoms with Crippen LogP contribution in [0, 0.1) is 20.8 Å². The summed E-state index contributed by atoms with van der Waals surface area (Å²) in [7, 11) is -3.88. The Kier molecular flexibility index (Phi) is 4.36. The van der Waals surface area contributed by atoms with Gasteiger partial charge >= 0.3 is 0 Å². The van der Waals surface area contributed by atoms with Crippen molar-refractivity contribution in [1.29, 1.82) is 0 Å². The highest BCUT2D eigenvalue weighted by Gasteiger charge is 2.36. The van der Waals surface area contributed by atoms with Gasteiger partial charge in [0.2, 0.25) is 5.96 Å². The van der Waals surface area contributed by atoms with Crippen molar-refractivity contribution in [3.8, 4) is 5.75 Å². The van der Waals surface area contributed by atoms with Crippen molar-refractivity contribution in [2.24, 2.45) is 10.1 Å². The maximum atomic E-state index is 12.7. The summed E-state index contributed by atoms with van der Waals surface area (Å²) in [6.45, 7) is 11.8. The van der Waals surface area contributed by atoms with Crippen molar-refractivity contribution >= 4 is 16.0 Å². The molecule has 0 unspecified atom stereocenters. The number of sulfonamides is 1. The first kappa shape index (κ1) is 17.6. The fourth-order valence-corrected chi connectivity index (χ4v) is 4.49. The Morgan fingerprint density at radius 2 is 1.87 bits per heavy atom. The largest absolute Gasteiger partial charge is 0.487 e. The van der Waals surface area contributed by atoms with Crippen LogP contribution in [-0.2, 0) is 16.4 Å². The van der Waals surface area contributed by atoms with Crippen molar-refractivity contribution in [2.75, 3.05) is 6.54 Å². The zero-order valence-corrected chi connectivity index (χ0v) is 15.4. The highest BCUT2D eigenvalue weighted by molar-refractivity contribution is 7.90. The number of nitrogens with one attached hydrogen (secondary N) is 1. The molecule has 0 amide bonds. The number of hydrogen-bond donors (Lipinski definition) is 2. The summed E-state index contributed by atoms with van der Waals surface area (Å²) >= 11 is 0. The molecule has 23 heavy (non-hydrogen) atoms. The van der Waals surface area contributed by atoms with Gasteiger partial charge in [-0.15, -0.1) is 4.40 Å². The van der Waals surface area contributed by atoms with Crippen molar-refractivity contribution in [3.05, 3.63) is 22.3 Å². The van der Waals surface area contributed by atoms with Gasteiger partial charge in [0.1, 0.15) is 11.4 Å².